The number of benzene rings is 2. The average Bonchev–Trinajstić information content (AvgIpc) is 2.95. The summed E-state index contributed by atoms with van der Waals surface area (Å²) >= 11 is 0.688. The van der Waals surface area contributed by atoms with Crippen LogP contribution in [0.3, 0.4) is 0 Å². The number of nitro groups is 1. The molecule has 0 bridgehead atoms. The highest BCUT2D eigenvalue weighted by Gasteiger charge is 2.33. The van der Waals surface area contributed by atoms with Gasteiger partial charge in [-0.1, -0.05) is 0 Å². The summed E-state index contributed by atoms with van der Waals surface area (Å²) in [7, 11) is 0. The standard InChI is InChI=1S/C15H9F4N5O2S/c16-10-4-1-8(2-5-10)13-21-22-14(23(13)20)27-12-6-3-9(15(17,18)19)7-11(12)24(25)26/h1-7H,20H2. The van der Waals surface area contributed by atoms with Crippen molar-refractivity contribution in [3.63, 3.8) is 0 Å². The third-order valence-electron chi connectivity index (χ3n) is 3.45. The predicted molar refractivity (Wildman–Crippen MR) is 87.8 cm³/mol. The molecule has 3 rings (SSSR count). The molecule has 3 aromatic rings. The minimum Gasteiger partial charge on any atom is -0.335 e. The number of hydrogen-bond acceptors (Lipinski definition) is 6. The van der Waals surface area contributed by atoms with Crippen molar-refractivity contribution in [2.45, 2.75) is 16.2 Å². The van der Waals surface area contributed by atoms with Crippen LogP contribution in [0, 0.1) is 15.9 Å². The lowest BCUT2D eigenvalue weighted by atomic mass is 10.2. The number of rotatable bonds is 4. The molecule has 1 aromatic heterocycles. The third-order valence-corrected chi connectivity index (χ3v) is 4.48. The molecule has 0 amide bonds. The van der Waals surface area contributed by atoms with Gasteiger partial charge in [-0.25, -0.2) is 9.07 Å². The third kappa shape index (κ3) is 3.84. The molecule has 2 N–H and O–H groups in total. The monoisotopic (exact) mass is 399 g/mol. The fourth-order valence-electron chi connectivity index (χ4n) is 2.16. The molecule has 0 fully saturated rings. The smallest absolute Gasteiger partial charge is 0.335 e. The Bertz CT molecular complexity index is 1000. The van der Waals surface area contributed by atoms with Crippen LogP contribution < -0.4 is 5.84 Å². The van der Waals surface area contributed by atoms with Gasteiger partial charge in [0.25, 0.3) is 5.69 Å². The fraction of sp³-hybridized carbons (Fsp3) is 0.0667. The minimum absolute atomic E-state index is 0.0113. The molecule has 0 saturated heterocycles. The highest BCUT2D eigenvalue weighted by atomic mass is 32.2. The maximum atomic E-state index is 13.0. The van der Waals surface area contributed by atoms with Crippen LogP contribution in [-0.2, 0) is 6.18 Å². The number of hydrogen-bond donors (Lipinski definition) is 1. The van der Waals surface area contributed by atoms with Gasteiger partial charge in [-0.15, -0.1) is 10.2 Å². The van der Waals surface area contributed by atoms with E-state index in [2.05, 4.69) is 10.2 Å². The first-order valence-electron chi connectivity index (χ1n) is 7.16. The van der Waals surface area contributed by atoms with Crippen LogP contribution in [0.4, 0.5) is 23.2 Å². The van der Waals surface area contributed by atoms with Gasteiger partial charge in [0, 0.05) is 11.6 Å². The fourth-order valence-corrected chi connectivity index (χ4v) is 3.00. The second-order valence-electron chi connectivity index (χ2n) is 5.22. The molecule has 0 aliphatic heterocycles. The van der Waals surface area contributed by atoms with E-state index in [1.165, 1.54) is 24.3 Å². The second-order valence-corrected chi connectivity index (χ2v) is 6.23. The van der Waals surface area contributed by atoms with Crippen LogP contribution in [0.5, 0.6) is 0 Å². The Kier molecular flexibility index (Phi) is 4.74. The van der Waals surface area contributed by atoms with Crippen LogP contribution in [0.25, 0.3) is 11.4 Å². The van der Waals surface area contributed by atoms with Crippen LogP contribution in [-0.4, -0.2) is 19.8 Å². The summed E-state index contributed by atoms with van der Waals surface area (Å²) in [5, 5.41) is 18.8. The molecule has 140 valence electrons. The Morgan fingerprint density at radius 2 is 1.78 bits per heavy atom. The summed E-state index contributed by atoms with van der Waals surface area (Å²) in [4.78, 5) is 10.1. The SMILES string of the molecule is Nn1c(Sc2ccc(C(F)(F)F)cc2[N+](=O)[O-])nnc1-c1ccc(F)cc1. The van der Waals surface area contributed by atoms with Gasteiger partial charge in [0.15, 0.2) is 5.82 Å². The van der Waals surface area contributed by atoms with Crippen molar-refractivity contribution in [1.29, 1.82) is 0 Å². The molecule has 2 aromatic carbocycles. The zero-order chi connectivity index (χ0) is 19.8. The summed E-state index contributed by atoms with van der Waals surface area (Å²) in [6.45, 7) is 0. The number of nitrogens with two attached hydrogens (primary N) is 1. The van der Waals surface area contributed by atoms with Crippen LogP contribution in [0.2, 0.25) is 0 Å². The largest absolute Gasteiger partial charge is 0.416 e. The van der Waals surface area contributed by atoms with Gasteiger partial charge in [0.05, 0.1) is 15.4 Å². The van der Waals surface area contributed by atoms with Gasteiger partial charge < -0.3 is 5.84 Å². The highest BCUT2D eigenvalue weighted by Crippen LogP contribution is 2.39. The van der Waals surface area contributed by atoms with E-state index in [0.717, 1.165) is 16.8 Å². The van der Waals surface area contributed by atoms with Crippen molar-refractivity contribution in [3.8, 4) is 11.4 Å². The zero-order valence-electron chi connectivity index (χ0n) is 13.1. The molecule has 0 saturated carbocycles. The van der Waals surface area contributed by atoms with Crippen molar-refractivity contribution >= 4 is 17.4 Å². The molecule has 0 unspecified atom stereocenters. The normalized spacial score (nSPS) is 11.6. The van der Waals surface area contributed by atoms with Gasteiger partial charge in [-0.05, 0) is 48.2 Å². The van der Waals surface area contributed by atoms with Gasteiger partial charge >= 0.3 is 6.18 Å². The van der Waals surface area contributed by atoms with Crippen LogP contribution >= 0.6 is 11.8 Å². The highest BCUT2D eigenvalue weighted by molar-refractivity contribution is 7.99. The summed E-state index contributed by atoms with van der Waals surface area (Å²) < 4.78 is 52.3. The lowest BCUT2D eigenvalue weighted by molar-refractivity contribution is -0.388. The Labute approximate surface area is 152 Å². The van der Waals surface area contributed by atoms with Crippen molar-refractivity contribution in [1.82, 2.24) is 14.9 Å². The van der Waals surface area contributed by atoms with Crippen molar-refractivity contribution < 1.29 is 22.5 Å². The zero-order valence-corrected chi connectivity index (χ0v) is 14.0. The van der Waals surface area contributed by atoms with E-state index < -0.39 is 28.2 Å². The van der Waals surface area contributed by atoms with E-state index in [1.54, 1.807) is 0 Å². The summed E-state index contributed by atoms with van der Waals surface area (Å²) in [6.07, 6.45) is -4.71. The molecule has 12 heteroatoms. The van der Waals surface area contributed by atoms with E-state index in [9.17, 15) is 27.7 Å². The maximum absolute atomic E-state index is 13.0. The van der Waals surface area contributed by atoms with Gasteiger partial charge in [0.1, 0.15) is 5.82 Å². The van der Waals surface area contributed by atoms with Gasteiger partial charge in [0.2, 0.25) is 5.16 Å². The molecule has 0 aliphatic rings. The topological polar surface area (TPSA) is 99.9 Å². The predicted octanol–water partition coefficient (Wildman–Crippen LogP) is 3.88. The van der Waals surface area contributed by atoms with E-state index in [-0.39, 0.29) is 15.9 Å². The molecule has 0 radical (unpaired) electrons. The first-order valence-corrected chi connectivity index (χ1v) is 7.98. The number of halogens is 4. The van der Waals surface area contributed by atoms with Crippen LogP contribution in [0.15, 0.2) is 52.5 Å². The molecule has 27 heavy (non-hydrogen) atoms. The minimum atomic E-state index is -4.71. The quantitative estimate of drug-likeness (QED) is 0.309. The lowest BCUT2D eigenvalue weighted by Gasteiger charge is -2.08. The van der Waals surface area contributed by atoms with Gasteiger partial charge in [-0.2, -0.15) is 13.2 Å². The second kappa shape index (κ2) is 6.87. The number of alkyl halides is 3. The van der Waals surface area contributed by atoms with E-state index in [4.69, 9.17) is 5.84 Å². The first-order chi connectivity index (χ1) is 12.7. The number of nitro benzene ring substituents is 1. The van der Waals surface area contributed by atoms with Crippen molar-refractivity contribution in [2.24, 2.45) is 0 Å². The Balaban J connectivity index is 1.96. The maximum Gasteiger partial charge on any atom is 0.416 e. The Hall–Kier alpha value is -3.15. The lowest BCUT2D eigenvalue weighted by Crippen LogP contribution is -2.11. The molecule has 0 aliphatic carbocycles. The number of nitrogens with zero attached hydrogens (tertiary/aromatic N) is 4. The van der Waals surface area contributed by atoms with Crippen molar-refractivity contribution in [3.05, 3.63) is 64.0 Å². The average molecular weight is 399 g/mol. The Morgan fingerprint density at radius 3 is 2.37 bits per heavy atom. The number of nitrogen functional groups attached to an aromatic ring is 1. The van der Waals surface area contributed by atoms with E-state index in [1.807, 2.05) is 0 Å². The summed E-state index contributed by atoms with van der Waals surface area (Å²) in [5.74, 6) is 5.57. The molecule has 0 atom stereocenters. The first kappa shape index (κ1) is 18.6. The summed E-state index contributed by atoms with van der Waals surface area (Å²) in [5.41, 5.74) is -1.43. The van der Waals surface area contributed by atoms with E-state index in [0.29, 0.717) is 23.4 Å². The molecule has 7 nitrogen and oxygen atoms in total. The molecule has 0 spiro atoms. The molecular formula is C15H9F4N5O2S. The van der Waals surface area contributed by atoms with Crippen LogP contribution in [0.1, 0.15) is 5.56 Å². The Morgan fingerprint density at radius 1 is 1.11 bits per heavy atom. The van der Waals surface area contributed by atoms with E-state index >= 15 is 0 Å². The molecular weight excluding hydrogens is 390 g/mol. The van der Waals surface area contributed by atoms with Gasteiger partial charge in [-0.3, -0.25) is 10.1 Å². The van der Waals surface area contributed by atoms with Crippen molar-refractivity contribution in [2.75, 3.05) is 5.84 Å². The summed E-state index contributed by atoms with van der Waals surface area (Å²) in [6, 6.07) is 7.36. The number of aromatic nitrogens is 3. The molecule has 1 heterocycles.